The molecule has 12 nitrogen and oxygen atoms in total. The molecule has 0 aromatic heterocycles. The van der Waals surface area contributed by atoms with Crippen molar-refractivity contribution >= 4 is 39.2 Å². The van der Waals surface area contributed by atoms with E-state index in [0.717, 1.165) is 30.0 Å². The molecule has 1 N–H and O–H groups in total. The van der Waals surface area contributed by atoms with Gasteiger partial charge in [0.15, 0.2) is 12.0 Å². The van der Waals surface area contributed by atoms with Gasteiger partial charge in [0, 0.05) is 16.7 Å². The van der Waals surface area contributed by atoms with E-state index in [-0.39, 0.29) is 29.6 Å². The van der Waals surface area contributed by atoms with Crippen LogP contribution in [0.1, 0.15) is 66.3 Å². The Labute approximate surface area is 296 Å². The average Bonchev–Trinajstić information content (AvgIpc) is 3.63. The predicted molar refractivity (Wildman–Crippen MR) is 189 cm³/mol. The largest absolute Gasteiger partial charge is 0.486 e. The molecule has 0 bridgehead atoms. The molecule has 5 rings (SSSR count). The highest BCUT2D eigenvalue weighted by atomic mass is 35.5. The van der Waals surface area contributed by atoms with Crippen molar-refractivity contribution in [2.24, 2.45) is 10.3 Å². The number of allylic oxidation sites excluding steroid dienone is 1. The van der Waals surface area contributed by atoms with Crippen molar-refractivity contribution in [1.82, 2.24) is 4.72 Å². The molecule has 0 saturated carbocycles. The summed E-state index contributed by atoms with van der Waals surface area (Å²) in [6, 6.07) is 18.2. The van der Waals surface area contributed by atoms with Crippen LogP contribution in [-0.2, 0) is 36.0 Å². The smallest absolute Gasteiger partial charge is 0.420 e. The van der Waals surface area contributed by atoms with Gasteiger partial charge in [-0.3, -0.25) is 14.9 Å². The van der Waals surface area contributed by atoms with E-state index < -0.39 is 50.3 Å². The number of fused-ring (bicyclic) bond motifs is 1. The zero-order chi connectivity index (χ0) is 35.9. The summed E-state index contributed by atoms with van der Waals surface area (Å²) < 4.78 is 43.7. The summed E-state index contributed by atoms with van der Waals surface area (Å²) in [5.74, 6) is -1.58. The highest BCUT2D eigenvalue weighted by molar-refractivity contribution is 7.92. The van der Waals surface area contributed by atoms with Crippen molar-refractivity contribution in [2.75, 3.05) is 25.6 Å². The second-order valence-electron chi connectivity index (χ2n) is 12.5. The molecule has 1 aliphatic carbocycles. The molecule has 0 radical (unpaired) electrons. The molecule has 1 fully saturated rings. The van der Waals surface area contributed by atoms with Crippen LogP contribution in [0.2, 0.25) is 5.02 Å². The number of hydrogen-bond donors (Lipinski definition) is 1. The predicted octanol–water partition coefficient (Wildman–Crippen LogP) is 7.50. The van der Waals surface area contributed by atoms with Crippen molar-refractivity contribution in [3.8, 4) is 5.75 Å². The average molecular weight is 726 g/mol. The maximum absolute atomic E-state index is 14.0. The molecule has 0 spiro atoms. The Morgan fingerprint density at radius 3 is 2.60 bits per heavy atom. The summed E-state index contributed by atoms with van der Waals surface area (Å²) in [4.78, 5) is 37.9. The number of aryl methyl sites for hydroxylation is 1. The highest BCUT2D eigenvalue weighted by Crippen LogP contribution is 2.44. The fraction of sp³-hybridized carbons (Fsp3) is 0.389. The normalized spacial score (nSPS) is 19.7. The number of rotatable bonds is 13. The zero-order valence-corrected chi connectivity index (χ0v) is 29.5. The third-order valence-corrected chi connectivity index (χ3v) is 10.9. The maximum atomic E-state index is 14.0. The van der Waals surface area contributed by atoms with Crippen LogP contribution in [0.3, 0.4) is 0 Å². The molecular formula is C36H40ClN3O9S. The second kappa shape index (κ2) is 16.2. The van der Waals surface area contributed by atoms with Crippen LogP contribution >= 0.6 is 11.6 Å². The summed E-state index contributed by atoms with van der Waals surface area (Å²) in [5.41, 5.74) is 1.22. The van der Waals surface area contributed by atoms with Gasteiger partial charge in [0.05, 0.1) is 29.3 Å². The monoisotopic (exact) mass is 725 g/mol. The van der Waals surface area contributed by atoms with E-state index in [0.29, 0.717) is 36.6 Å². The number of benzene rings is 3. The lowest BCUT2D eigenvalue weighted by Gasteiger charge is -2.41. The van der Waals surface area contributed by atoms with E-state index >= 15 is 0 Å². The first kappa shape index (κ1) is 37.0. The number of nitrogens with one attached hydrogen (secondary N) is 1. The van der Waals surface area contributed by atoms with Crippen LogP contribution in [0, 0.1) is 16.0 Å². The number of hydrogen-bond acceptors (Lipinski definition) is 9. The van der Waals surface area contributed by atoms with Gasteiger partial charge in [-0.1, -0.05) is 61.0 Å². The Morgan fingerprint density at radius 1 is 1.16 bits per heavy atom. The van der Waals surface area contributed by atoms with E-state index in [4.69, 9.17) is 30.5 Å². The molecule has 4 atom stereocenters. The van der Waals surface area contributed by atoms with Gasteiger partial charge in [0.1, 0.15) is 22.6 Å². The Kier molecular flexibility index (Phi) is 11.9. The molecule has 2 amide bonds. The standard InChI is InChI=1S/C36H40ClN3O9S/c1-4-9-24(2)22-50(45,39-35(42)49-25(3)26-10-6-5-7-11-26)38-33(41)28-13-16-32(31(21-28)40(43)44)48-23-36(34-46-18-19-47-34)17-8-12-27-20-29(37)14-15-30(27)36/h4-7,10-11,13-16,20-21,24-25,34H,1,8-9,12,17-19,22-23H2,2-3H3,(H,38,39,41,42,45)/t24-,25-,36-,50?/m0/s1. The van der Waals surface area contributed by atoms with Gasteiger partial charge >= 0.3 is 11.8 Å². The summed E-state index contributed by atoms with van der Waals surface area (Å²) in [5, 5.41) is 12.9. The lowest BCUT2D eigenvalue weighted by molar-refractivity contribution is -0.386. The van der Waals surface area contributed by atoms with Crippen LogP contribution in [-0.4, -0.2) is 53.0 Å². The number of nitro groups is 1. The van der Waals surface area contributed by atoms with Crippen LogP contribution in [0.4, 0.5) is 10.5 Å². The van der Waals surface area contributed by atoms with Crippen LogP contribution in [0.25, 0.3) is 0 Å². The van der Waals surface area contributed by atoms with Crippen molar-refractivity contribution in [2.45, 2.75) is 57.3 Å². The summed E-state index contributed by atoms with van der Waals surface area (Å²) in [6.45, 7) is 7.93. The number of nitrogens with zero attached hydrogens (tertiary/aromatic N) is 2. The van der Waals surface area contributed by atoms with Crippen LogP contribution in [0.15, 0.2) is 83.7 Å². The fourth-order valence-electron chi connectivity index (χ4n) is 6.38. The molecule has 3 aromatic rings. The fourth-order valence-corrected chi connectivity index (χ4v) is 8.37. The Morgan fingerprint density at radius 2 is 1.90 bits per heavy atom. The van der Waals surface area contributed by atoms with Gasteiger partial charge < -0.3 is 18.9 Å². The molecule has 3 aromatic carbocycles. The Balaban J connectivity index is 1.40. The van der Waals surface area contributed by atoms with Crippen molar-refractivity contribution in [1.29, 1.82) is 0 Å². The molecule has 1 unspecified atom stereocenters. The van der Waals surface area contributed by atoms with Crippen molar-refractivity contribution in [3.63, 3.8) is 0 Å². The number of carbonyl (C=O) groups is 2. The topological polar surface area (TPSA) is 156 Å². The quantitative estimate of drug-likeness (QED) is 0.107. The molecule has 2 aliphatic rings. The Bertz CT molecular complexity index is 1860. The van der Waals surface area contributed by atoms with E-state index in [1.165, 1.54) is 12.1 Å². The van der Waals surface area contributed by atoms with E-state index in [1.54, 1.807) is 50.3 Å². The molecule has 266 valence electrons. The first-order valence-electron chi connectivity index (χ1n) is 16.3. The summed E-state index contributed by atoms with van der Waals surface area (Å²) >= 11 is 6.29. The lowest BCUT2D eigenvalue weighted by Crippen LogP contribution is -2.47. The third kappa shape index (κ3) is 8.70. The number of halogens is 1. The van der Waals surface area contributed by atoms with Crippen molar-refractivity contribution < 1.29 is 37.7 Å². The third-order valence-electron chi connectivity index (χ3n) is 8.74. The molecule has 1 heterocycles. The first-order valence-corrected chi connectivity index (χ1v) is 18.4. The minimum atomic E-state index is -3.74. The van der Waals surface area contributed by atoms with Crippen molar-refractivity contribution in [3.05, 3.63) is 117 Å². The van der Waals surface area contributed by atoms with E-state index in [2.05, 4.69) is 15.7 Å². The van der Waals surface area contributed by atoms with Gasteiger partial charge in [-0.25, -0.2) is 13.7 Å². The maximum Gasteiger partial charge on any atom is 0.420 e. The molecular weight excluding hydrogens is 686 g/mol. The SMILES string of the molecule is C=CC[C@H](C)CS(=O)(=NC(=O)c1ccc(OC[C@@]2(C3OCCO3)CCCc3cc(Cl)ccc32)c([N+](=O)[O-])c1)NC(=O)O[C@@H](C)c1ccccc1. The highest BCUT2D eigenvalue weighted by Gasteiger charge is 2.48. The lowest BCUT2D eigenvalue weighted by atomic mass is 9.69. The van der Waals surface area contributed by atoms with E-state index in [9.17, 15) is 23.9 Å². The van der Waals surface area contributed by atoms with Gasteiger partial charge in [-0.05, 0) is 79.5 Å². The second-order valence-corrected chi connectivity index (χ2v) is 14.9. The minimum Gasteiger partial charge on any atom is -0.486 e. The van der Waals surface area contributed by atoms with Gasteiger partial charge in [0.2, 0.25) is 0 Å². The number of amides is 2. The number of carbonyl (C=O) groups excluding carboxylic acids is 2. The Hall–Kier alpha value is -4.30. The van der Waals surface area contributed by atoms with Gasteiger partial charge in [-0.2, -0.15) is 0 Å². The molecule has 1 saturated heterocycles. The summed E-state index contributed by atoms with van der Waals surface area (Å²) in [7, 11) is -3.74. The minimum absolute atomic E-state index is 0.00669. The van der Waals surface area contributed by atoms with E-state index in [1.807, 2.05) is 18.2 Å². The summed E-state index contributed by atoms with van der Waals surface area (Å²) in [6.07, 6.45) is 1.97. The molecule has 14 heteroatoms. The molecule has 1 aliphatic heterocycles. The molecule has 50 heavy (non-hydrogen) atoms. The van der Waals surface area contributed by atoms with Crippen LogP contribution < -0.4 is 9.46 Å². The van der Waals surface area contributed by atoms with Crippen LogP contribution in [0.5, 0.6) is 5.75 Å². The van der Waals surface area contributed by atoms with Gasteiger partial charge in [-0.15, -0.1) is 10.9 Å². The number of nitro benzene ring substituents is 1. The van der Waals surface area contributed by atoms with Gasteiger partial charge in [0.25, 0.3) is 5.91 Å². The first-order chi connectivity index (χ1) is 23.9. The number of ether oxygens (including phenoxy) is 4. The zero-order valence-electron chi connectivity index (χ0n) is 27.9.